The predicted molar refractivity (Wildman–Crippen MR) is 81.1 cm³/mol. The van der Waals surface area contributed by atoms with Gasteiger partial charge < -0.3 is 10.1 Å². The van der Waals surface area contributed by atoms with Crippen molar-refractivity contribution < 1.29 is 22.7 Å². The summed E-state index contributed by atoms with van der Waals surface area (Å²) in [6.07, 6.45) is 0.0436. The van der Waals surface area contributed by atoms with Crippen LogP contribution in [0.4, 0.5) is 13.2 Å². The van der Waals surface area contributed by atoms with E-state index in [0.29, 0.717) is 19.0 Å². The van der Waals surface area contributed by atoms with Crippen LogP contribution in [0.25, 0.3) is 11.1 Å². The van der Waals surface area contributed by atoms with E-state index in [1.54, 1.807) is 0 Å². The molecule has 132 valence electrons. The number of hydrogen-bond acceptors (Lipinski definition) is 4. The number of carbonyl (C=O) groups excluding carboxylic acids is 1. The molecule has 2 aromatic rings. The van der Waals surface area contributed by atoms with Crippen molar-refractivity contribution in [3.8, 4) is 17.0 Å². The minimum atomic E-state index is -4.52. The molecule has 1 fully saturated rings. The monoisotopic (exact) mass is 352 g/mol. The van der Waals surface area contributed by atoms with E-state index in [2.05, 4.69) is 15.4 Å². The molecule has 1 amide bonds. The normalized spacial score (nSPS) is 16.9. The number of amides is 1. The molecule has 0 spiro atoms. The van der Waals surface area contributed by atoms with Crippen LogP contribution in [0.15, 0.2) is 18.5 Å². The molecule has 0 unspecified atom stereocenters. The molecule has 0 atom stereocenters. The van der Waals surface area contributed by atoms with Crippen molar-refractivity contribution in [2.45, 2.75) is 38.0 Å². The lowest BCUT2D eigenvalue weighted by Crippen LogP contribution is -2.26. The van der Waals surface area contributed by atoms with Crippen LogP contribution >= 0.6 is 0 Å². The molecule has 1 N–H and O–H groups in total. The Bertz CT molecular complexity index is 827. The Balaban J connectivity index is 1.82. The highest BCUT2D eigenvalue weighted by atomic mass is 19.4. The SMILES string of the molecule is O=C(NC1CC1)c1nn2c(c1-c1cncc(C(F)(F)F)c1)OCCC2. The van der Waals surface area contributed by atoms with Gasteiger partial charge in [0.15, 0.2) is 5.69 Å². The molecule has 2 aromatic heterocycles. The number of aromatic nitrogens is 3. The van der Waals surface area contributed by atoms with Gasteiger partial charge in [-0.15, -0.1) is 0 Å². The Labute approximate surface area is 141 Å². The highest BCUT2D eigenvalue weighted by Crippen LogP contribution is 2.38. The van der Waals surface area contributed by atoms with Gasteiger partial charge in [0.25, 0.3) is 5.91 Å². The maximum absolute atomic E-state index is 13.0. The lowest BCUT2D eigenvalue weighted by Gasteiger charge is -2.16. The summed E-state index contributed by atoms with van der Waals surface area (Å²) in [6.45, 7) is 0.972. The first-order valence-electron chi connectivity index (χ1n) is 8.00. The summed E-state index contributed by atoms with van der Waals surface area (Å²) >= 11 is 0. The average molecular weight is 352 g/mol. The van der Waals surface area contributed by atoms with Gasteiger partial charge in [0.1, 0.15) is 0 Å². The van der Waals surface area contributed by atoms with E-state index in [4.69, 9.17) is 4.74 Å². The highest BCUT2D eigenvalue weighted by Gasteiger charge is 2.34. The molecule has 1 aliphatic carbocycles. The number of pyridine rings is 1. The van der Waals surface area contributed by atoms with Crippen molar-refractivity contribution in [1.82, 2.24) is 20.1 Å². The summed E-state index contributed by atoms with van der Waals surface area (Å²) in [7, 11) is 0. The number of nitrogens with zero attached hydrogens (tertiary/aromatic N) is 3. The molecular formula is C16H15F3N4O2. The first-order valence-corrected chi connectivity index (χ1v) is 8.00. The summed E-state index contributed by atoms with van der Waals surface area (Å²) in [5, 5.41) is 7.09. The number of ether oxygens (including phenoxy) is 1. The average Bonchev–Trinajstić information content (AvgIpc) is 3.30. The third-order valence-corrected chi connectivity index (χ3v) is 4.14. The number of alkyl halides is 3. The first-order chi connectivity index (χ1) is 11.9. The minimum Gasteiger partial charge on any atom is -0.477 e. The Morgan fingerprint density at radius 1 is 1.32 bits per heavy atom. The van der Waals surface area contributed by atoms with E-state index in [0.717, 1.165) is 31.5 Å². The lowest BCUT2D eigenvalue weighted by atomic mass is 10.1. The first kappa shape index (κ1) is 15.9. The molecule has 1 saturated carbocycles. The van der Waals surface area contributed by atoms with Gasteiger partial charge in [0.05, 0.1) is 17.7 Å². The van der Waals surface area contributed by atoms with Gasteiger partial charge in [0.2, 0.25) is 5.88 Å². The molecule has 9 heteroatoms. The van der Waals surface area contributed by atoms with Crippen LogP contribution in [0.5, 0.6) is 5.88 Å². The minimum absolute atomic E-state index is 0.0740. The number of nitrogens with one attached hydrogen (secondary N) is 1. The van der Waals surface area contributed by atoms with E-state index in [1.807, 2.05) is 0 Å². The van der Waals surface area contributed by atoms with Crippen molar-refractivity contribution in [1.29, 1.82) is 0 Å². The van der Waals surface area contributed by atoms with Gasteiger partial charge in [-0.05, 0) is 18.9 Å². The number of carbonyl (C=O) groups is 1. The van der Waals surface area contributed by atoms with Gasteiger partial charge in [-0.25, -0.2) is 4.68 Å². The fraction of sp³-hybridized carbons (Fsp3) is 0.438. The summed E-state index contributed by atoms with van der Waals surface area (Å²) in [5.74, 6) is -0.0891. The Morgan fingerprint density at radius 2 is 2.12 bits per heavy atom. The third kappa shape index (κ3) is 3.06. The standard InChI is InChI=1S/C16H15F3N4O2/c17-16(18,19)10-6-9(7-20-8-10)12-13(14(24)21-11-2-3-11)22-23-4-1-5-25-15(12)23/h6-8,11H,1-5H2,(H,21,24). The van der Waals surface area contributed by atoms with E-state index in [9.17, 15) is 18.0 Å². The largest absolute Gasteiger partial charge is 0.477 e. The number of hydrogen-bond donors (Lipinski definition) is 1. The zero-order valence-corrected chi connectivity index (χ0v) is 13.1. The van der Waals surface area contributed by atoms with Crippen molar-refractivity contribution >= 4 is 5.91 Å². The number of rotatable bonds is 3. The number of halogens is 3. The quantitative estimate of drug-likeness (QED) is 0.922. The smallest absolute Gasteiger partial charge is 0.417 e. The molecular weight excluding hydrogens is 337 g/mol. The number of fused-ring (bicyclic) bond motifs is 1. The van der Waals surface area contributed by atoms with Crippen molar-refractivity contribution in [2.24, 2.45) is 0 Å². The maximum Gasteiger partial charge on any atom is 0.417 e. The van der Waals surface area contributed by atoms with Gasteiger partial charge in [0, 0.05) is 37.0 Å². The van der Waals surface area contributed by atoms with E-state index in [-0.39, 0.29) is 22.9 Å². The zero-order valence-electron chi connectivity index (χ0n) is 13.1. The van der Waals surface area contributed by atoms with E-state index < -0.39 is 17.6 Å². The fourth-order valence-corrected chi connectivity index (χ4v) is 2.76. The summed E-state index contributed by atoms with van der Waals surface area (Å²) in [5.41, 5.74) is -0.380. The molecule has 0 radical (unpaired) electrons. The van der Waals surface area contributed by atoms with Gasteiger partial charge in [-0.2, -0.15) is 18.3 Å². The maximum atomic E-state index is 13.0. The van der Waals surface area contributed by atoms with Gasteiger partial charge in [-0.3, -0.25) is 9.78 Å². The van der Waals surface area contributed by atoms with Crippen LogP contribution in [0.2, 0.25) is 0 Å². The molecule has 6 nitrogen and oxygen atoms in total. The molecule has 4 rings (SSSR count). The molecule has 0 saturated heterocycles. The molecule has 1 aliphatic heterocycles. The second-order valence-corrected chi connectivity index (χ2v) is 6.16. The van der Waals surface area contributed by atoms with Crippen LogP contribution in [-0.2, 0) is 12.7 Å². The summed E-state index contributed by atoms with van der Waals surface area (Å²) < 4.78 is 46.2. The van der Waals surface area contributed by atoms with Crippen LogP contribution in [-0.4, -0.2) is 33.3 Å². The summed E-state index contributed by atoms with van der Waals surface area (Å²) in [4.78, 5) is 16.2. The van der Waals surface area contributed by atoms with Crippen LogP contribution in [0, 0.1) is 0 Å². The Kier molecular flexibility index (Phi) is 3.66. The van der Waals surface area contributed by atoms with Gasteiger partial charge in [-0.1, -0.05) is 0 Å². The van der Waals surface area contributed by atoms with Crippen LogP contribution in [0.3, 0.4) is 0 Å². The van der Waals surface area contributed by atoms with Gasteiger partial charge >= 0.3 is 6.18 Å². The van der Waals surface area contributed by atoms with E-state index >= 15 is 0 Å². The topological polar surface area (TPSA) is 69.0 Å². The zero-order chi connectivity index (χ0) is 17.6. The molecule has 3 heterocycles. The molecule has 0 aromatic carbocycles. The third-order valence-electron chi connectivity index (χ3n) is 4.14. The van der Waals surface area contributed by atoms with Crippen molar-refractivity contribution in [2.75, 3.05) is 6.61 Å². The predicted octanol–water partition coefficient (Wildman–Crippen LogP) is 2.64. The second-order valence-electron chi connectivity index (χ2n) is 6.16. The molecule has 25 heavy (non-hydrogen) atoms. The van der Waals surface area contributed by atoms with Crippen LogP contribution < -0.4 is 10.1 Å². The second kappa shape index (κ2) is 5.75. The van der Waals surface area contributed by atoms with Crippen LogP contribution in [0.1, 0.15) is 35.3 Å². The Morgan fingerprint density at radius 3 is 2.84 bits per heavy atom. The number of aryl methyl sites for hydroxylation is 1. The molecule has 2 aliphatic rings. The summed E-state index contributed by atoms with van der Waals surface area (Å²) in [6, 6.07) is 1.08. The molecule has 0 bridgehead atoms. The highest BCUT2D eigenvalue weighted by molar-refractivity contribution is 6.00. The van der Waals surface area contributed by atoms with Crippen molar-refractivity contribution in [3.63, 3.8) is 0 Å². The van der Waals surface area contributed by atoms with Crippen molar-refractivity contribution in [3.05, 3.63) is 29.7 Å². The lowest BCUT2D eigenvalue weighted by molar-refractivity contribution is -0.137. The fourth-order valence-electron chi connectivity index (χ4n) is 2.76. The Hall–Kier alpha value is -2.58. The van der Waals surface area contributed by atoms with E-state index in [1.165, 1.54) is 10.9 Å².